The Morgan fingerprint density at radius 3 is 2.89 bits per heavy atom. The fourth-order valence-electron chi connectivity index (χ4n) is 1.54. The lowest BCUT2D eigenvalue weighted by Crippen LogP contribution is -2.08. The Morgan fingerprint density at radius 1 is 1.39 bits per heavy atom. The minimum Gasteiger partial charge on any atom is -0.370 e. The first-order valence-corrected chi connectivity index (χ1v) is 6.03. The highest BCUT2D eigenvalue weighted by atomic mass is 15.3. The third-order valence-electron chi connectivity index (χ3n) is 2.57. The van der Waals surface area contributed by atoms with E-state index in [0.29, 0.717) is 5.95 Å². The van der Waals surface area contributed by atoms with E-state index in [4.69, 9.17) is 0 Å². The van der Waals surface area contributed by atoms with Crippen molar-refractivity contribution in [2.24, 2.45) is 7.05 Å². The fourth-order valence-corrected chi connectivity index (χ4v) is 1.54. The summed E-state index contributed by atoms with van der Waals surface area (Å²) in [5.74, 6) is 2.31. The second kappa shape index (κ2) is 5.48. The Labute approximate surface area is 106 Å². The third kappa shape index (κ3) is 2.77. The number of aromatic nitrogens is 4. The van der Waals surface area contributed by atoms with Gasteiger partial charge in [-0.2, -0.15) is 10.1 Å². The van der Waals surface area contributed by atoms with Crippen LogP contribution < -0.4 is 10.6 Å². The molecule has 2 N–H and O–H groups in total. The molecule has 2 heterocycles. The average molecular weight is 246 g/mol. The summed E-state index contributed by atoms with van der Waals surface area (Å²) in [4.78, 5) is 8.71. The topological polar surface area (TPSA) is 67.7 Å². The van der Waals surface area contributed by atoms with Gasteiger partial charge in [0.15, 0.2) is 0 Å². The van der Waals surface area contributed by atoms with Crippen LogP contribution >= 0.6 is 0 Å². The first kappa shape index (κ1) is 12.3. The molecule has 0 atom stereocenters. The Morgan fingerprint density at radius 2 is 2.22 bits per heavy atom. The summed E-state index contributed by atoms with van der Waals surface area (Å²) < 4.78 is 1.74. The summed E-state index contributed by atoms with van der Waals surface area (Å²) in [6, 6.07) is 1.88. The van der Waals surface area contributed by atoms with Gasteiger partial charge in [-0.3, -0.25) is 4.68 Å². The minimum atomic E-state index is 0.572. The summed E-state index contributed by atoms with van der Waals surface area (Å²) in [6.07, 6.45) is 4.60. The van der Waals surface area contributed by atoms with Crippen LogP contribution in [0.1, 0.15) is 18.9 Å². The zero-order valence-corrected chi connectivity index (χ0v) is 10.9. The molecule has 6 heteroatoms. The maximum Gasteiger partial charge on any atom is 0.230 e. The molecule has 2 rings (SSSR count). The number of hydrogen-bond donors (Lipinski definition) is 2. The van der Waals surface area contributed by atoms with E-state index in [0.717, 1.165) is 30.2 Å². The largest absolute Gasteiger partial charge is 0.370 e. The van der Waals surface area contributed by atoms with E-state index in [-0.39, 0.29) is 0 Å². The Hall–Kier alpha value is -2.11. The zero-order chi connectivity index (χ0) is 13.0. The lowest BCUT2D eigenvalue weighted by molar-refractivity contribution is 0.775. The van der Waals surface area contributed by atoms with Crippen LogP contribution in [0.15, 0.2) is 18.5 Å². The van der Waals surface area contributed by atoms with E-state index in [2.05, 4.69) is 32.6 Å². The molecule has 0 radical (unpaired) electrons. The lowest BCUT2D eigenvalue weighted by Gasteiger charge is -2.10. The Bertz CT molecular complexity index is 519. The van der Waals surface area contributed by atoms with Gasteiger partial charge >= 0.3 is 0 Å². The molecule has 0 unspecified atom stereocenters. The molecule has 0 bridgehead atoms. The van der Waals surface area contributed by atoms with E-state index in [1.165, 1.54) is 0 Å². The third-order valence-corrected chi connectivity index (χ3v) is 2.57. The highest BCUT2D eigenvalue weighted by Gasteiger charge is 2.05. The van der Waals surface area contributed by atoms with Crippen LogP contribution in [-0.2, 0) is 7.05 Å². The normalized spacial score (nSPS) is 10.4. The first-order chi connectivity index (χ1) is 8.70. The highest BCUT2D eigenvalue weighted by molar-refractivity contribution is 5.52. The van der Waals surface area contributed by atoms with Gasteiger partial charge in [0.25, 0.3) is 0 Å². The molecule has 96 valence electrons. The minimum absolute atomic E-state index is 0.572. The smallest absolute Gasteiger partial charge is 0.230 e. The predicted molar refractivity (Wildman–Crippen MR) is 72.0 cm³/mol. The van der Waals surface area contributed by atoms with Crippen LogP contribution in [-0.4, -0.2) is 26.3 Å². The number of nitrogens with zero attached hydrogens (tertiary/aromatic N) is 4. The van der Waals surface area contributed by atoms with Gasteiger partial charge in [0.2, 0.25) is 5.95 Å². The SMILES string of the molecule is CCCNc1nc(Nc2ccnn2C)ncc1C. The van der Waals surface area contributed by atoms with E-state index in [9.17, 15) is 0 Å². The molecular formula is C12H18N6. The van der Waals surface area contributed by atoms with Gasteiger partial charge in [0, 0.05) is 31.4 Å². The van der Waals surface area contributed by atoms with Crippen molar-refractivity contribution in [2.75, 3.05) is 17.2 Å². The second-order valence-corrected chi connectivity index (χ2v) is 4.12. The van der Waals surface area contributed by atoms with E-state index in [1.54, 1.807) is 10.9 Å². The van der Waals surface area contributed by atoms with Gasteiger partial charge < -0.3 is 10.6 Å². The molecular weight excluding hydrogens is 228 g/mol. The van der Waals surface area contributed by atoms with E-state index < -0.39 is 0 Å². The molecule has 6 nitrogen and oxygen atoms in total. The maximum absolute atomic E-state index is 4.45. The molecule has 0 saturated carbocycles. The molecule has 0 aromatic carbocycles. The number of hydrogen-bond acceptors (Lipinski definition) is 5. The highest BCUT2D eigenvalue weighted by Crippen LogP contribution is 2.16. The second-order valence-electron chi connectivity index (χ2n) is 4.12. The van der Waals surface area contributed by atoms with E-state index in [1.807, 2.05) is 26.2 Å². The molecule has 0 amide bonds. The van der Waals surface area contributed by atoms with Crippen molar-refractivity contribution in [3.05, 3.63) is 24.0 Å². The van der Waals surface area contributed by atoms with Crippen molar-refractivity contribution in [1.82, 2.24) is 19.7 Å². The maximum atomic E-state index is 4.45. The summed E-state index contributed by atoms with van der Waals surface area (Å²) in [5, 5.41) is 10.5. The molecule has 18 heavy (non-hydrogen) atoms. The van der Waals surface area contributed by atoms with Gasteiger partial charge in [-0.1, -0.05) is 6.92 Å². The number of aryl methyl sites for hydroxylation is 2. The van der Waals surface area contributed by atoms with Crippen molar-refractivity contribution < 1.29 is 0 Å². The monoisotopic (exact) mass is 246 g/mol. The van der Waals surface area contributed by atoms with Gasteiger partial charge in [0.05, 0.1) is 6.20 Å². The van der Waals surface area contributed by atoms with Gasteiger partial charge in [-0.05, 0) is 13.3 Å². The molecule has 2 aromatic heterocycles. The van der Waals surface area contributed by atoms with Crippen molar-refractivity contribution in [2.45, 2.75) is 20.3 Å². The van der Waals surface area contributed by atoms with Crippen LogP contribution in [0, 0.1) is 6.92 Å². The average Bonchev–Trinajstić information content (AvgIpc) is 2.76. The van der Waals surface area contributed by atoms with Gasteiger partial charge in [0.1, 0.15) is 11.6 Å². The van der Waals surface area contributed by atoms with Crippen molar-refractivity contribution in [1.29, 1.82) is 0 Å². The first-order valence-electron chi connectivity index (χ1n) is 6.03. The summed E-state index contributed by atoms with van der Waals surface area (Å²) >= 11 is 0. The molecule has 0 saturated heterocycles. The lowest BCUT2D eigenvalue weighted by atomic mass is 10.3. The van der Waals surface area contributed by atoms with Crippen LogP contribution in [0.5, 0.6) is 0 Å². The zero-order valence-electron chi connectivity index (χ0n) is 10.9. The summed E-state index contributed by atoms with van der Waals surface area (Å²) in [6.45, 7) is 5.02. The molecule has 0 spiro atoms. The van der Waals surface area contributed by atoms with Crippen molar-refractivity contribution in [3.8, 4) is 0 Å². The number of rotatable bonds is 5. The Balaban J connectivity index is 2.16. The standard InChI is InChI=1S/C12H18N6/c1-4-6-13-11-9(2)8-14-12(17-11)16-10-5-7-15-18(10)3/h5,7-8H,4,6H2,1-3H3,(H2,13,14,16,17). The van der Waals surface area contributed by atoms with Crippen LogP contribution in [0.25, 0.3) is 0 Å². The molecule has 2 aromatic rings. The van der Waals surface area contributed by atoms with Crippen molar-refractivity contribution >= 4 is 17.6 Å². The van der Waals surface area contributed by atoms with E-state index >= 15 is 0 Å². The number of anilines is 3. The molecule has 0 aliphatic heterocycles. The van der Waals surface area contributed by atoms with Crippen LogP contribution in [0.3, 0.4) is 0 Å². The summed E-state index contributed by atoms with van der Waals surface area (Å²) in [5.41, 5.74) is 1.04. The predicted octanol–water partition coefficient (Wildman–Crippen LogP) is 2.08. The number of nitrogens with one attached hydrogen (secondary N) is 2. The molecule has 0 fully saturated rings. The van der Waals surface area contributed by atoms with Crippen LogP contribution in [0.4, 0.5) is 17.6 Å². The molecule has 0 aliphatic carbocycles. The summed E-state index contributed by atoms with van der Waals surface area (Å²) in [7, 11) is 1.87. The molecule has 0 aliphatic rings. The fraction of sp³-hybridized carbons (Fsp3) is 0.417. The Kier molecular flexibility index (Phi) is 3.76. The quantitative estimate of drug-likeness (QED) is 0.845. The van der Waals surface area contributed by atoms with Gasteiger partial charge in [-0.25, -0.2) is 4.98 Å². The van der Waals surface area contributed by atoms with Crippen molar-refractivity contribution in [3.63, 3.8) is 0 Å². The van der Waals surface area contributed by atoms with Gasteiger partial charge in [-0.15, -0.1) is 0 Å². The van der Waals surface area contributed by atoms with Crippen LogP contribution in [0.2, 0.25) is 0 Å².